The fourth-order valence-electron chi connectivity index (χ4n) is 2.47. The van der Waals surface area contributed by atoms with Crippen molar-refractivity contribution < 1.29 is 15.0 Å². The standard InChI is InChI=1S/C19H18N4O3/c20-18-17(12-4-6-13(7-5-12)19(26)21-8-9-24)23-16(11-22-18)14-2-1-3-15(25)10-14/h1-7,10-11,24-25H,8-9H2,(H2,20,22)(H,21,26). The first-order valence-electron chi connectivity index (χ1n) is 8.00. The molecule has 2 aromatic carbocycles. The predicted molar refractivity (Wildman–Crippen MR) is 98.4 cm³/mol. The molecule has 1 heterocycles. The van der Waals surface area contributed by atoms with Crippen molar-refractivity contribution in [1.29, 1.82) is 0 Å². The number of hydrogen-bond donors (Lipinski definition) is 4. The summed E-state index contributed by atoms with van der Waals surface area (Å²) in [5.74, 6) is 0.144. The summed E-state index contributed by atoms with van der Waals surface area (Å²) in [7, 11) is 0. The number of nitrogens with two attached hydrogens (primary N) is 1. The molecule has 0 saturated carbocycles. The van der Waals surface area contributed by atoms with Gasteiger partial charge in [-0.2, -0.15) is 0 Å². The molecule has 0 spiro atoms. The van der Waals surface area contributed by atoms with E-state index in [1.54, 1.807) is 48.7 Å². The number of anilines is 1. The Morgan fingerprint density at radius 1 is 1.12 bits per heavy atom. The molecule has 0 aliphatic heterocycles. The van der Waals surface area contributed by atoms with Gasteiger partial charge >= 0.3 is 0 Å². The molecule has 0 bridgehead atoms. The highest BCUT2D eigenvalue weighted by molar-refractivity contribution is 5.94. The van der Waals surface area contributed by atoms with Crippen LogP contribution in [-0.2, 0) is 0 Å². The van der Waals surface area contributed by atoms with Crippen LogP contribution in [0.4, 0.5) is 5.82 Å². The lowest BCUT2D eigenvalue weighted by atomic mass is 10.1. The Morgan fingerprint density at radius 2 is 1.88 bits per heavy atom. The van der Waals surface area contributed by atoms with Crippen molar-refractivity contribution in [3.63, 3.8) is 0 Å². The molecule has 1 aromatic heterocycles. The quantitative estimate of drug-likeness (QED) is 0.557. The zero-order valence-corrected chi connectivity index (χ0v) is 13.9. The Morgan fingerprint density at radius 3 is 2.58 bits per heavy atom. The SMILES string of the molecule is Nc1ncc(-c2cccc(O)c2)nc1-c1ccc(C(=O)NCCO)cc1. The minimum atomic E-state index is -0.266. The Balaban J connectivity index is 1.91. The number of rotatable bonds is 5. The summed E-state index contributed by atoms with van der Waals surface area (Å²) in [6.45, 7) is 0.0861. The molecule has 0 radical (unpaired) electrons. The summed E-state index contributed by atoms with van der Waals surface area (Å²) in [6, 6.07) is 13.5. The van der Waals surface area contributed by atoms with Gasteiger partial charge in [0.2, 0.25) is 0 Å². The first-order valence-corrected chi connectivity index (χ1v) is 8.00. The van der Waals surface area contributed by atoms with Gasteiger partial charge in [0.05, 0.1) is 18.5 Å². The van der Waals surface area contributed by atoms with Gasteiger partial charge in [0.1, 0.15) is 17.3 Å². The van der Waals surface area contributed by atoms with Gasteiger partial charge in [-0.1, -0.05) is 24.3 Å². The molecule has 3 aromatic rings. The van der Waals surface area contributed by atoms with Crippen LogP contribution in [0.5, 0.6) is 5.75 Å². The molecule has 0 aliphatic rings. The minimum absolute atomic E-state index is 0.113. The second-order valence-corrected chi connectivity index (χ2v) is 5.60. The maximum absolute atomic E-state index is 11.9. The van der Waals surface area contributed by atoms with E-state index in [9.17, 15) is 9.90 Å². The van der Waals surface area contributed by atoms with E-state index in [1.165, 1.54) is 0 Å². The molecular formula is C19H18N4O3. The van der Waals surface area contributed by atoms with E-state index in [0.717, 1.165) is 11.1 Å². The van der Waals surface area contributed by atoms with Crippen molar-refractivity contribution in [1.82, 2.24) is 15.3 Å². The predicted octanol–water partition coefficient (Wildman–Crippen LogP) is 1.82. The molecule has 1 amide bonds. The Labute approximate surface area is 150 Å². The van der Waals surface area contributed by atoms with Gasteiger partial charge in [0.15, 0.2) is 0 Å². The molecule has 0 aliphatic carbocycles. The summed E-state index contributed by atoms with van der Waals surface area (Å²) in [6.07, 6.45) is 1.55. The monoisotopic (exact) mass is 350 g/mol. The number of benzene rings is 2. The highest BCUT2D eigenvalue weighted by Gasteiger charge is 2.11. The van der Waals surface area contributed by atoms with Gasteiger partial charge in [-0.3, -0.25) is 4.79 Å². The first-order chi connectivity index (χ1) is 12.6. The number of nitrogens with zero attached hydrogens (tertiary/aromatic N) is 2. The van der Waals surface area contributed by atoms with Gasteiger partial charge < -0.3 is 21.3 Å². The number of hydrogen-bond acceptors (Lipinski definition) is 6. The van der Waals surface area contributed by atoms with Gasteiger partial charge in [0.25, 0.3) is 5.91 Å². The number of aromatic hydroxyl groups is 1. The number of phenols is 1. The zero-order chi connectivity index (χ0) is 18.5. The Bertz CT molecular complexity index is 926. The van der Waals surface area contributed by atoms with Crippen LogP contribution >= 0.6 is 0 Å². The van der Waals surface area contributed by atoms with Crippen LogP contribution in [0.3, 0.4) is 0 Å². The Kier molecular flexibility index (Phi) is 5.09. The number of aromatic nitrogens is 2. The molecule has 7 nitrogen and oxygen atoms in total. The van der Waals surface area contributed by atoms with E-state index in [0.29, 0.717) is 17.0 Å². The third-order valence-electron chi connectivity index (χ3n) is 3.76. The number of nitrogen functional groups attached to an aromatic ring is 1. The minimum Gasteiger partial charge on any atom is -0.508 e. The maximum atomic E-state index is 11.9. The highest BCUT2D eigenvalue weighted by atomic mass is 16.3. The smallest absolute Gasteiger partial charge is 0.251 e. The van der Waals surface area contributed by atoms with E-state index in [2.05, 4.69) is 15.3 Å². The number of amides is 1. The third kappa shape index (κ3) is 3.79. The van der Waals surface area contributed by atoms with Crippen LogP contribution in [0.15, 0.2) is 54.7 Å². The highest BCUT2D eigenvalue weighted by Crippen LogP contribution is 2.27. The van der Waals surface area contributed by atoms with E-state index >= 15 is 0 Å². The van der Waals surface area contributed by atoms with Gasteiger partial charge in [0, 0.05) is 23.2 Å². The second kappa shape index (κ2) is 7.62. The van der Waals surface area contributed by atoms with Gasteiger partial charge in [-0.15, -0.1) is 0 Å². The number of aliphatic hydroxyl groups excluding tert-OH is 1. The van der Waals surface area contributed by atoms with Crippen LogP contribution in [-0.4, -0.2) is 39.2 Å². The van der Waals surface area contributed by atoms with Crippen LogP contribution in [0.2, 0.25) is 0 Å². The lowest BCUT2D eigenvalue weighted by Crippen LogP contribution is -2.26. The van der Waals surface area contributed by atoms with E-state index < -0.39 is 0 Å². The molecule has 26 heavy (non-hydrogen) atoms. The average molecular weight is 350 g/mol. The lowest BCUT2D eigenvalue weighted by molar-refractivity contribution is 0.0945. The molecule has 7 heteroatoms. The van der Waals surface area contributed by atoms with E-state index in [1.807, 2.05) is 6.07 Å². The molecule has 0 unspecified atom stereocenters. The van der Waals surface area contributed by atoms with Crippen LogP contribution in [0.25, 0.3) is 22.5 Å². The average Bonchev–Trinajstić information content (AvgIpc) is 2.66. The molecule has 5 N–H and O–H groups in total. The Hall–Kier alpha value is -3.45. The van der Waals surface area contributed by atoms with E-state index in [-0.39, 0.29) is 30.6 Å². The molecular weight excluding hydrogens is 332 g/mol. The van der Waals surface area contributed by atoms with Crippen LogP contribution in [0.1, 0.15) is 10.4 Å². The second-order valence-electron chi connectivity index (χ2n) is 5.60. The first kappa shape index (κ1) is 17.4. The topological polar surface area (TPSA) is 121 Å². The van der Waals surface area contributed by atoms with Crippen molar-refractivity contribution in [3.05, 3.63) is 60.3 Å². The number of aliphatic hydroxyl groups is 1. The molecule has 0 fully saturated rings. The zero-order valence-electron chi connectivity index (χ0n) is 13.9. The molecule has 132 valence electrons. The van der Waals surface area contributed by atoms with Gasteiger partial charge in [-0.05, 0) is 24.3 Å². The summed E-state index contributed by atoms with van der Waals surface area (Å²) < 4.78 is 0. The van der Waals surface area contributed by atoms with E-state index in [4.69, 9.17) is 10.8 Å². The van der Waals surface area contributed by atoms with Crippen LogP contribution < -0.4 is 11.1 Å². The van der Waals surface area contributed by atoms with Crippen molar-refractivity contribution in [2.24, 2.45) is 0 Å². The summed E-state index contributed by atoms with van der Waals surface area (Å²) in [5, 5.41) is 21.0. The lowest BCUT2D eigenvalue weighted by Gasteiger charge is -2.09. The maximum Gasteiger partial charge on any atom is 0.251 e. The van der Waals surface area contributed by atoms with Crippen molar-refractivity contribution in [2.75, 3.05) is 18.9 Å². The largest absolute Gasteiger partial charge is 0.508 e. The van der Waals surface area contributed by atoms with Crippen molar-refractivity contribution in [2.45, 2.75) is 0 Å². The normalized spacial score (nSPS) is 10.5. The molecule has 0 atom stereocenters. The number of nitrogens with one attached hydrogen (secondary N) is 1. The van der Waals surface area contributed by atoms with Crippen molar-refractivity contribution >= 4 is 11.7 Å². The third-order valence-corrected chi connectivity index (χ3v) is 3.76. The van der Waals surface area contributed by atoms with Gasteiger partial charge in [-0.25, -0.2) is 9.97 Å². The molecule has 0 saturated heterocycles. The van der Waals surface area contributed by atoms with Crippen LogP contribution in [0, 0.1) is 0 Å². The fraction of sp³-hybridized carbons (Fsp3) is 0.105. The summed E-state index contributed by atoms with van der Waals surface area (Å²) in [4.78, 5) is 20.6. The summed E-state index contributed by atoms with van der Waals surface area (Å²) >= 11 is 0. The summed E-state index contributed by atoms with van der Waals surface area (Å²) in [5.41, 5.74) is 8.94. The number of carbonyl (C=O) groups is 1. The number of carbonyl (C=O) groups excluding carboxylic acids is 1. The molecule has 3 rings (SSSR count). The van der Waals surface area contributed by atoms with Crippen molar-refractivity contribution in [3.8, 4) is 28.3 Å². The number of phenolic OH excluding ortho intramolecular Hbond substituents is 1. The fourth-order valence-corrected chi connectivity index (χ4v) is 2.47.